The molecule has 28 heavy (non-hydrogen) atoms. The van der Waals surface area contributed by atoms with Gasteiger partial charge in [-0.05, 0) is 23.8 Å². The van der Waals surface area contributed by atoms with Crippen molar-refractivity contribution < 1.29 is 14.3 Å². The number of rotatable bonds is 7. The topological polar surface area (TPSA) is 65.4 Å². The van der Waals surface area contributed by atoms with E-state index >= 15 is 0 Å². The second-order valence-electron chi connectivity index (χ2n) is 6.00. The maximum atomic E-state index is 12.4. The summed E-state index contributed by atoms with van der Waals surface area (Å²) in [4.78, 5) is 12.4. The zero-order valence-corrected chi connectivity index (χ0v) is 16.9. The highest BCUT2D eigenvalue weighted by Gasteiger charge is 2.14. The van der Waals surface area contributed by atoms with Gasteiger partial charge in [0, 0.05) is 11.6 Å². The van der Waals surface area contributed by atoms with Crippen LogP contribution >= 0.6 is 23.2 Å². The van der Waals surface area contributed by atoms with Gasteiger partial charge in [0.1, 0.15) is 5.82 Å². The fourth-order valence-corrected chi connectivity index (χ4v) is 3.15. The normalized spacial score (nSPS) is 10.6. The standard InChI is InChI=1S/C20H19Cl2N3O3/c1-27-17-5-3-4-14(20(17)28-2)12-25-18(8-9-23-25)24-19(26)11-13-6-7-15(21)16(22)10-13/h3-10H,11-12H2,1-2H3,(H,24,26). The number of ether oxygens (including phenoxy) is 2. The largest absolute Gasteiger partial charge is 0.493 e. The van der Waals surface area contributed by atoms with Gasteiger partial charge in [0.15, 0.2) is 11.5 Å². The summed E-state index contributed by atoms with van der Waals surface area (Å²) in [6.07, 6.45) is 1.80. The van der Waals surface area contributed by atoms with Crippen molar-refractivity contribution in [1.29, 1.82) is 0 Å². The molecule has 1 aromatic heterocycles. The summed E-state index contributed by atoms with van der Waals surface area (Å²) in [5, 5.41) is 8.04. The Morgan fingerprint density at radius 2 is 1.93 bits per heavy atom. The van der Waals surface area contributed by atoms with Crippen molar-refractivity contribution in [3.63, 3.8) is 0 Å². The first-order chi connectivity index (χ1) is 13.5. The summed E-state index contributed by atoms with van der Waals surface area (Å²) < 4.78 is 12.5. The molecule has 0 fully saturated rings. The van der Waals surface area contributed by atoms with Crippen molar-refractivity contribution in [2.75, 3.05) is 19.5 Å². The molecule has 6 nitrogen and oxygen atoms in total. The monoisotopic (exact) mass is 419 g/mol. The van der Waals surface area contributed by atoms with Crippen molar-refractivity contribution in [2.45, 2.75) is 13.0 Å². The lowest BCUT2D eigenvalue weighted by Crippen LogP contribution is -2.18. The molecule has 1 heterocycles. The Morgan fingerprint density at radius 3 is 2.64 bits per heavy atom. The Kier molecular flexibility index (Phi) is 6.44. The van der Waals surface area contributed by atoms with Gasteiger partial charge in [-0.15, -0.1) is 0 Å². The van der Waals surface area contributed by atoms with E-state index in [1.165, 1.54) is 0 Å². The van der Waals surface area contributed by atoms with Crippen LogP contribution in [0.1, 0.15) is 11.1 Å². The summed E-state index contributed by atoms with van der Waals surface area (Å²) >= 11 is 11.9. The van der Waals surface area contributed by atoms with Gasteiger partial charge in [-0.2, -0.15) is 5.10 Å². The Bertz CT molecular complexity index is 989. The lowest BCUT2D eigenvalue weighted by atomic mass is 10.1. The minimum Gasteiger partial charge on any atom is -0.493 e. The summed E-state index contributed by atoms with van der Waals surface area (Å²) in [6, 6.07) is 12.5. The quantitative estimate of drug-likeness (QED) is 0.614. The molecule has 0 saturated heterocycles. The predicted octanol–water partition coefficient (Wildman–Crippen LogP) is 4.44. The van der Waals surface area contributed by atoms with Crippen LogP contribution in [0.3, 0.4) is 0 Å². The number of halogens is 2. The lowest BCUT2D eigenvalue weighted by Gasteiger charge is -2.14. The van der Waals surface area contributed by atoms with Crippen molar-refractivity contribution in [1.82, 2.24) is 9.78 Å². The van der Waals surface area contributed by atoms with Crippen LogP contribution in [0.2, 0.25) is 10.0 Å². The van der Waals surface area contributed by atoms with Gasteiger partial charge in [0.2, 0.25) is 5.91 Å². The fraction of sp³-hybridized carbons (Fsp3) is 0.200. The van der Waals surface area contributed by atoms with Crippen LogP contribution in [0.15, 0.2) is 48.7 Å². The van der Waals surface area contributed by atoms with Crippen LogP contribution in [0.25, 0.3) is 0 Å². The fourth-order valence-electron chi connectivity index (χ4n) is 2.83. The molecule has 0 bridgehead atoms. The molecular weight excluding hydrogens is 401 g/mol. The highest BCUT2D eigenvalue weighted by atomic mass is 35.5. The van der Waals surface area contributed by atoms with Crippen LogP contribution in [0.5, 0.6) is 11.5 Å². The molecule has 0 spiro atoms. The van der Waals surface area contributed by atoms with E-state index in [1.807, 2.05) is 18.2 Å². The number of methoxy groups -OCH3 is 2. The SMILES string of the molecule is COc1cccc(Cn2nccc2NC(=O)Cc2ccc(Cl)c(Cl)c2)c1OC. The van der Waals surface area contributed by atoms with E-state index in [2.05, 4.69) is 10.4 Å². The molecule has 146 valence electrons. The molecule has 0 radical (unpaired) electrons. The third kappa shape index (κ3) is 4.58. The second kappa shape index (κ2) is 8.99. The maximum absolute atomic E-state index is 12.4. The van der Waals surface area contributed by atoms with Gasteiger partial charge < -0.3 is 14.8 Å². The molecular formula is C20H19Cl2N3O3. The van der Waals surface area contributed by atoms with Crippen molar-refractivity contribution in [3.05, 3.63) is 69.8 Å². The number of nitrogens with zero attached hydrogens (tertiary/aromatic N) is 2. The first-order valence-electron chi connectivity index (χ1n) is 8.47. The van der Waals surface area contributed by atoms with Crippen LogP contribution in [0, 0.1) is 0 Å². The van der Waals surface area contributed by atoms with Crippen LogP contribution in [-0.4, -0.2) is 29.9 Å². The van der Waals surface area contributed by atoms with E-state index in [0.717, 1.165) is 11.1 Å². The Morgan fingerprint density at radius 1 is 1.11 bits per heavy atom. The van der Waals surface area contributed by atoms with Crippen molar-refractivity contribution >= 4 is 34.9 Å². The van der Waals surface area contributed by atoms with Crippen LogP contribution in [0.4, 0.5) is 5.82 Å². The zero-order valence-electron chi connectivity index (χ0n) is 15.4. The average molecular weight is 420 g/mol. The molecule has 0 aliphatic carbocycles. The van der Waals surface area contributed by atoms with Gasteiger partial charge in [-0.1, -0.05) is 41.4 Å². The maximum Gasteiger partial charge on any atom is 0.229 e. The lowest BCUT2D eigenvalue weighted by molar-refractivity contribution is -0.115. The molecule has 0 aliphatic rings. The number of hydrogen-bond donors (Lipinski definition) is 1. The Hall–Kier alpha value is -2.70. The number of aromatic nitrogens is 2. The van der Waals surface area contributed by atoms with E-state index in [-0.39, 0.29) is 12.3 Å². The minimum absolute atomic E-state index is 0.171. The molecule has 0 unspecified atom stereocenters. The first kappa shape index (κ1) is 20.0. The van der Waals surface area contributed by atoms with E-state index in [0.29, 0.717) is 33.9 Å². The molecule has 3 rings (SSSR count). The van der Waals surface area contributed by atoms with Gasteiger partial charge in [-0.25, -0.2) is 4.68 Å². The predicted molar refractivity (Wildman–Crippen MR) is 110 cm³/mol. The third-order valence-electron chi connectivity index (χ3n) is 4.14. The molecule has 0 saturated carbocycles. The Balaban J connectivity index is 1.73. The molecule has 8 heteroatoms. The van der Waals surface area contributed by atoms with Gasteiger partial charge in [0.25, 0.3) is 0 Å². The second-order valence-corrected chi connectivity index (χ2v) is 6.81. The molecule has 0 atom stereocenters. The number of carbonyl (C=O) groups excluding carboxylic acids is 1. The third-order valence-corrected chi connectivity index (χ3v) is 4.88. The van der Waals surface area contributed by atoms with Gasteiger partial charge >= 0.3 is 0 Å². The van der Waals surface area contributed by atoms with E-state index in [1.54, 1.807) is 49.4 Å². The molecule has 1 N–H and O–H groups in total. The van der Waals surface area contributed by atoms with Crippen LogP contribution < -0.4 is 14.8 Å². The number of benzene rings is 2. The molecule has 3 aromatic rings. The average Bonchev–Trinajstić information content (AvgIpc) is 3.11. The zero-order chi connectivity index (χ0) is 20.1. The highest BCUT2D eigenvalue weighted by molar-refractivity contribution is 6.42. The highest BCUT2D eigenvalue weighted by Crippen LogP contribution is 2.31. The van der Waals surface area contributed by atoms with E-state index < -0.39 is 0 Å². The van der Waals surface area contributed by atoms with E-state index in [9.17, 15) is 4.79 Å². The van der Waals surface area contributed by atoms with Crippen LogP contribution in [-0.2, 0) is 17.8 Å². The number of hydrogen-bond acceptors (Lipinski definition) is 4. The summed E-state index contributed by atoms with van der Waals surface area (Å²) in [5.74, 6) is 1.67. The van der Waals surface area contributed by atoms with Crippen molar-refractivity contribution in [2.24, 2.45) is 0 Å². The van der Waals surface area contributed by atoms with Gasteiger partial charge in [-0.3, -0.25) is 4.79 Å². The number of carbonyl (C=O) groups is 1. The van der Waals surface area contributed by atoms with Crippen molar-refractivity contribution in [3.8, 4) is 11.5 Å². The number of anilines is 1. The van der Waals surface area contributed by atoms with Gasteiger partial charge in [0.05, 0.1) is 43.4 Å². The summed E-state index contributed by atoms with van der Waals surface area (Å²) in [6.45, 7) is 0.412. The van der Waals surface area contributed by atoms with E-state index in [4.69, 9.17) is 32.7 Å². The number of para-hydroxylation sites is 1. The molecule has 1 amide bonds. The molecule has 0 aliphatic heterocycles. The minimum atomic E-state index is -0.183. The summed E-state index contributed by atoms with van der Waals surface area (Å²) in [5.41, 5.74) is 1.65. The number of amides is 1. The smallest absolute Gasteiger partial charge is 0.229 e. The summed E-state index contributed by atoms with van der Waals surface area (Å²) in [7, 11) is 3.18. The molecule has 2 aromatic carbocycles. The Labute approximate surface area is 173 Å². The number of nitrogens with one attached hydrogen (secondary N) is 1. The first-order valence-corrected chi connectivity index (χ1v) is 9.23.